The predicted molar refractivity (Wildman–Crippen MR) is 50.0 cm³/mol. The topological polar surface area (TPSA) is 61.2 Å². The van der Waals surface area contributed by atoms with Crippen LogP contribution in [0.1, 0.15) is 18.7 Å². The number of hydrogen-bond donors (Lipinski definition) is 0. The number of aromatic nitrogens is 2. The van der Waals surface area contributed by atoms with Gasteiger partial charge < -0.3 is 4.74 Å². The molecule has 1 heterocycles. The molecule has 5 nitrogen and oxygen atoms in total. The number of ether oxygens (including phenoxy) is 1. The molecule has 0 fully saturated rings. The third-order valence-corrected chi connectivity index (χ3v) is 1.87. The zero-order valence-electron chi connectivity index (χ0n) is 8.35. The fourth-order valence-electron chi connectivity index (χ4n) is 1.07. The maximum Gasteiger partial charge on any atom is 0.330 e. The van der Waals surface area contributed by atoms with Crippen molar-refractivity contribution in [1.82, 2.24) is 9.78 Å². The number of methoxy groups -OCH3 is 1. The van der Waals surface area contributed by atoms with Crippen LogP contribution in [0.5, 0.6) is 0 Å². The highest BCUT2D eigenvalue weighted by Crippen LogP contribution is 2.02. The Morgan fingerprint density at radius 3 is 2.79 bits per heavy atom. The number of rotatable bonds is 2. The molecule has 1 atom stereocenters. The summed E-state index contributed by atoms with van der Waals surface area (Å²) in [6, 6.07) is 2.29. The number of carbonyl (C=O) groups is 1. The van der Waals surface area contributed by atoms with Crippen LogP contribution in [-0.2, 0) is 9.53 Å². The van der Waals surface area contributed by atoms with E-state index in [0.717, 1.165) is 4.68 Å². The summed E-state index contributed by atoms with van der Waals surface area (Å²) < 4.78 is 5.63. The van der Waals surface area contributed by atoms with Crippen LogP contribution in [-0.4, -0.2) is 22.9 Å². The predicted octanol–water partition coefficient (Wildman–Crippen LogP) is 0.286. The molecule has 0 spiro atoms. The zero-order chi connectivity index (χ0) is 10.7. The molecule has 1 rings (SSSR count). The molecule has 0 aromatic carbocycles. The maximum absolute atomic E-state index is 11.3. The third kappa shape index (κ3) is 1.99. The maximum atomic E-state index is 11.3. The number of nitrogens with zero attached hydrogens (tertiary/aromatic N) is 2. The minimum Gasteiger partial charge on any atom is -0.467 e. The highest BCUT2D eigenvalue weighted by molar-refractivity contribution is 5.73. The fourth-order valence-corrected chi connectivity index (χ4v) is 1.07. The van der Waals surface area contributed by atoms with Crippen molar-refractivity contribution >= 4 is 5.97 Å². The smallest absolute Gasteiger partial charge is 0.330 e. The van der Waals surface area contributed by atoms with Crippen LogP contribution in [0.4, 0.5) is 0 Å². The SMILES string of the molecule is COC(=O)[C@@H](C)n1nc(C)ccc1=O. The molecule has 0 aliphatic carbocycles. The van der Waals surface area contributed by atoms with E-state index < -0.39 is 12.0 Å². The second-order valence-corrected chi connectivity index (χ2v) is 2.96. The van der Waals surface area contributed by atoms with Gasteiger partial charge in [0.15, 0.2) is 6.04 Å². The molecule has 0 saturated carbocycles. The summed E-state index contributed by atoms with van der Waals surface area (Å²) in [7, 11) is 1.28. The minimum atomic E-state index is -0.688. The first kappa shape index (κ1) is 10.4. The van der Waals surface area contributed by atoms with Crippen LogP contribution in [0, 0.1) is 6.92 Å². The first-order chi connectivity index (χ1) is 6.56. The van der Waals surface area contributed by atoms with E-state index in [2.05, 4.69) is 9.84 Å². The number of carbonyl (C=O) groups excluding carboxylic acids is 1. The van der Waals surface area contributed by atoms with Gasteiger partial charge in [-0.3, -0.25) is 4.79 Å². The Balaban J connectivity index is 3.12. The fraction of sp³-hybridized carbons (Fsp3) is 0.444. The summed E-state index contributed by atoms with van der Waals surface area (Å²) in [6.07, 6.45) is 0. The lowest BCUT2D eigenvalue weighted by molar-refractivity contribution is -0.144. The summed E-state index contributed by atoms with van der Waals surface area (Å²) in [6.45, 7) is 3.32. The van der Waals surface area contributed by atoms with Gasteiger partial charge in [-0.25, -0.2) is 9.48 Å². The summed E-state index contributed by atoms with van der Waals surface area (Å²) in [4.78, 5) is 22.5. The van der Waals surface area contributed by atoms with Crippen molar-refractivity contribution in [2.24, 2.45) is 0 Å². The number of hydrogen-bond acceptors (Lipinski definition) is 4. The van der Waals surface area contributed by atoms with Crippen molar-refractivity contribution in [3.63, 3.8) is 0 Å². The van der Waals surface area contributed by atoms with E-state index in [0.29, 0.717) is 5.69 Å². The van der Waals surface area contributed by atoms with Gasteiger partial charge in [0.05, 0.1) is 12.8 Å². The van der Waals surface area contributed by atoms with Crippen LogP contribution in [0.2, 0.25) is 0 Å². The van der Waals surface area contributed by atoms with E-state index in [-0.39, 0.29) is 5.56 Å². The summed E-state index contributed by atoms with van der Waals surface area (Å²) in [5, 5.41) is 3.94. The monoisotopic (exact) mass is 196 g/mol. The molecule has 1 aromatic heterocycles. The Labute approximate surface area is 81.3 Å². The summed E-state index contributed by atoms with van der Waals surface area (Å²) in [5.74, 6) is -0.481. The average molecular weight is 196 g/mol. The zero-order valence-corrected chi connectivity index (χ0v) is 8.35. The first-order valence-electron chi connectivity index (χ1n) is 4.20. The van der Waals surface area contributed by atoms with E-state index in [4.69, 9.17) is 0 Å². The van der Waals surface area contributed by atoms with Gasteiger partial charge in [0.25, 0.3) is 5.56 Å². The lowest BCUT2D eigenvalue weighted by Gasteiger charge is -2.11. The van der Waals surface area contributed by atoms with Gasteiger partial charge in [0.2, 0.25) is 0 Å². The van der Waals surface area contributed by atoms with Crippen molar-refractivity contribution in [3.05, 3.63) is 28.2 Å². The minimum absolute atomic E-state index is 0.312. The highest BCUT2D eigenvalue weighted by atomic mass is 16.5. The summed E-state index contributed by atoms with van der Waals surface area (Å²) >= 11 is 0. The molecule has 5 heteroatoms. The van der Waals surface area contributed by atoms with Crippen molar-refractivity contribution in [2.75, 3.05) is 7.11 Å². The standard InChI is InChI=1S/C9H12N2O3/c1-6-4-5-8(12)11(10-6)7(2)9(13)14-3/h4-5,7H,1-3H3/t7-/m1/s1. The van der Waals surface area contributed by atoms with Crippen LogP contribution in [0.25, 0.3) is 0 Å². The lowest BCUT2D eigenvalue weighted by atomic mass is 10.3. The van der Waals surface area contributed by atoms with Gasteiger partial charge in [0, 0.05) is 6.07 Å². The van der Waals surface area contributed by atoms with Crippen LogP contribution >= 0.6 is 0 Å². The Kier molecular flexibility index (Phi) is 3.01. The van der Waals surface area contributed by atoms with Crippen molar-refractivity contribution < 1.29 is 9.53 Å². The molecule has 0 N–H and O–H groups in total. The molecule has 0 aliphatic heterocycles. The van der Waals surface area contributed by atoms with Gasteiger partial charge in [-0.2, -0.15) is 5.10 Å². The van der Waals surface area contributed by atoms with E-state index in [1.54, 1.807) is 19.9 Å². The van der Waals surface area contributed by atoms with Gasteiger partial charge in [-0.05, 0) is 19.9 Å². The molecule has 1 aromatic rings. The molecule has 14 heavy (non-hydrogen) atoms. The second kappa shape index (κ2) is 4.04. The van der Waals surface area contributed by atoms with Crippen molar-refractivity contribution in [3.8, 4) is 0 Å². The number of esters is 1. The molecule has 0 aliphatic rings. The average Bonchev–Trinajstić information content (AvgIpc) is 2.19. The quantitative estimate of drug-likeness (QED) is 0.638. The normalized spacial score (nSPS) is 12.2. The Morgan fingerprint density at radius 1 is 1.57 bits per heavy atom. The van der Waals surface area contributed by atoms with Crippen LogP contribution < -0.4 is 5.56 Å². The summed E-state index contributed by atoms with van der Waals surface area (Å²) in [5.41, 5.74) is 0.369. The molecule has 0 amide bonds. The molecule has 76 valence electrons. The highest BCUT2D eigenvalue weighted by Gasteiger charge is 2.17. The van der Waals surface area contributed by atoms with Gasteiger partial charge in [-0.1, -0.05) is 0 Å². The van der Waals surface area contributed by atoms with Gasteiger partial charge in [-0.15, -0.1) is 0 Å². The Bertz CT molecular complexity index is 397. The molecule has 0 saturated heterocycles. The molecular weight excluding hydrogens is 184 g/mol. The van der Waals surface area contributed by atoms with E-state index in [1.165, 1.54) is 13.2 Å². The van der Waals surface area contributed by atoms with E-state index in [9.17, 15) is 9.59 Å². The van der Waals surface area contributed by atoms with Crippen molar-refractivity contribution in [2.45, 2.75) is 19.9 Å². The van der Waals surface area contributed by atoms with Gasteiger partial charge >= 0.3 is 5.97 Å². The molecule has 0 radical (unpaired) electrons. The lowest BCUT2D eigenvalue weighted by Crippen LogP contribution is -2.30. The first-order valence-corrected chi connectivity index (χ1v) is 4.20. The number of aryl methyl sites for hydroxylation is 1. The largest absolute Gasteiger partial charge is 0.467 e. The molecule has 0 unspecified atom stereocenters. The third-order valence-electron chi connectivity index (χ3n) is 1.87. The Hall–Kier alpha value is -1.65. The van der Waals surface area contributed by atoms with Gasteiger partial charge in [0.1, 0.15) is 0 Å². The van der Waals surface area contributed by atoms with E-state index in [1.807, 2.05) is 0 Å². The van der Waals surface area contributed by atoms with Crippen molar-refractivity contribution in [1.29, 1.82) is 0 Å². The second-order valence-electron chi connectivity index (χ2n) is 2.96. The molecule has 0 bridgehead atoms. The molecular formula is C9H12N2O3. The Morgan fingerprint density at radius 2 is 2.21 bits per heavy atom. The van der Waals surface area contributed by atoms with Crippen LogP contribution in [0.15, 0.2) is 16.9 Å². The van der Waals surface area contributed by atoms with Crippen LogP contribution in [0.3, 0.4) is 0 Å². The van der Waals surface area contributed by atoms with E-state index >= 15 is 0 Å².